The first-order chi connectivity index (χ1) is 25.8. The fourth-order valence-corrected chi connectivity index (χ4v) is 8.80. The van der Waals surface area contributed by atoms with Crippen LogP contribution in [0.2, 0.25) is 0 Å². The van der Waals surface area contributed by atoms with Gasteiger partial charge >= 0.3 is 0 Å². The van der Waals surface area contributed by atoms with Gasteiger partial charge in [-0.15, -0.1) is 11.3 Å². The van der Waals surface area contributed by atoms with Crippen LogP contribution in [-0.4, -0.2) is 4.98 Å². The van der Waals surface area contributed by atoms with Gasteiger partial charge in [0.2, 0.25) is 5.89 Å². The summed E-state index contributed by atoms with van der Waals surface area (Å²) in [7, 11) is 0. The van der Waals surface area contributed by atoms with E-state index >= 15 is 0 Å². The number of fused-ring (bicyclic) bond motifs is 8. The highest BCUT2D eigenvalue weighted by Crippen LogP contribution is 2.44. The van der Waals surface area contributed by atoms with E-state index in [1.54, 1.807) is 0 Å². The molecular formula is C47H28N2O2S. The third-order valence-corrected chi connectivity index (χ3v) is 11.3. The van der Waals surface area contributed by atoms with Crippen molar-refractivity contribution in [2.24, 2.45) is 0 Å². The van der Waals surface area contributed by atoms with Gasteiger partial charge in [-0.3, -0.25) is 0 Å². The largest absolute Gasteiger partial charge is 0.456 e. The Balaban J connectivity index is 1.05. The zero-order valence-corrected chi connectivity index (χ0v) is 28.6. The van der Waals surface area contributed by atoms with Crippen molar-refractivity contribution >= 4 is 92.4 Å². The first-order valence-electron chi connectivity index (χ1n) is 17.4. The fraction of sp³-hybridized carbons (Fsp3) is 0. The molecule has 52 heavy (non-hydrogen) atoms. The van der Waals surface area contributed by atoms with Gasteiger partial charge in [-0.05, 0) is 77.7 Å². The molecule has 0 aliphatic heterocycles. The molecule has 0 N–H and O–H groups in total. The number of para-hydroxylation sites is 2. The smallest absolute Gasteiger partial charge is 0.228 e. The normalized spacial score (nSPS) is 11.8. The Labute approximate surface area is 302 Å². The molecule has 0 atom stereocenters. The van der Waals surface area contributed by atoms with E-state index in [2.05, 4.69) is 138 Å². The Morgan fingerprint density at radius 1 is 0.481 bits per heavy atom. The highest BCUT2D eigenvalue weighted by molar-refractivity contribution is 7.25. The van der Waals surface area contributed by atoms with Crippen LogP contribution < -0.4 is 4.90 Å². The Bertz CT molecular complexity index is 3150. The van der Waals surface area contributed by atoms with Crippen LogP contribution >= 0.6 is 11.3 Å². The molecule has 3 heterocycles. The van der Waals surface area contributed by atoms with Gasteiger partial charge in [0.15, 0.2) is 5.58 Å². The van der Waals surface area contributed by atoms with Crippen molar-refractivity contribution in [3.8, 4) is 22.6 Å². The lowest BCUT2D eigenvalue weighted by Crippen LogP contribution is -2.10. The second-order valence-electron chi connectivity index (χ2n) is 13.1. The minimum atomic E-state index is 0.578. The maximum Gasteiger partial charge on any atom is 0.228 e. The fourth-order valence-electron chi connectivity index (χ4n) is 7.72. The number of furan rings is 1. The molecule has 0 unspecified atom stereocenters. The summed E-state index contributed by atoms with van der Waals surface area (Å²) < 4.78 is 15.4. The monoisotopic (exact) mass is 684 g/mol. The van der Waals surface area contributed by atoms with E-state index in [0.717, 1.165) is 66.8 Å². The number of hydrogen-bond donors (Lipinski definition) is 0. The second kappa shape index (κ2) is 11.4. The first kappa shape index (κ1) is 29.1. The van der Waals surface area contributed by atoms with E-state index in [0.29, 0.717) is 5.89 Å². The van der Waals surface area contributed by atoms with Gasteiger partial charge in [-0.1, -0.05) is 103 Å². The van der Waals surface area contributed by atoms with Crippen molar-refractivity contribution < 1.29 is 8.83 Å². The van der Waals surface area contributed by atoms with Crippen LogP contribution in [0.4, 0.5) is 17.1 Å². The molecular weight excluding hydrogens is 657 g/mol. The second-order valence-corrected chi connectivity index (χ2v) is 14.2. The summed E-state index contributed by atoms with van der Waals surface area (Å²) in [5.74, 6) is 0.578. The first-order valence-corrected chi connectivity index (χ1v) is 18.2. The van der Waals surface area contributed by atoms with Crippen LogP contribution in [0.1, 0.15) is 0 Å². The molecule has 0 spiro atoms. The number of aromatic nitrogens is 1. The zero-order valence-electron chi connectivity index (χ0n) is 27.8. The molecule has 5 heteroatoms. The number of rotatable bonds is 5. The molecule has 0 saturated heterocycles. The highest BCUT2D eigenvalue weighted by Gasteiger charge is 2.20. The van der Waals surface area contributed by atoms with Crippen LogP contribution in [0.5, 0.6) is 0 Å². The van der Waals surface area contributed by atoms with E-state index < -0.39 is 0 Å². The molecule has 0 bridgehead atoms. The number of anilines is 3. The summed E-state index contributed by atoms with van der Waals surface area (Å²) in [6.45, 7) is 0. The minimum Gasteiger partial charge on any atom is -0.456 e. The zero-order chi connectivity index (χ0) is 34.2. The molecule has 0 fully saturated rings. The molecule has 0 radical (unpaired) electrons. The lowest BCUT2D eigenvalue weighted by Gasteiger charge is -2.27. The van der Waals surface area contributed by atoms with Crippen molar-refractivity contribution in [2.75, 3.05) is 4.90 Å². The minimum absolute atomic E-state index is 0.578. The Kier molecular flexibility index (Phi) is 6.39. The van der Waals surface area contributed by atoms with E-state index in [1.807, 2.05) is 47.7 Å². The van der Waals surface area contributed by atoms with Crippen molar-refractivity contribution in [1.82, 2.24) is 4.98 Å². The quantitative estimate of drug-likeness (QED) is 0.181. The predicted octanol–water partition coefficient (Wildman–Crippen LogP) is 14.1. The number of thiophene rings is 1. The lowest BCUT2D eigenvalue weighted by molar-refractivity contribution is 0.621. The van der Waals surface area contributed by atoms with Gasteiger partial charge in [-0.25, -0.2) is 4.98 Å². The summed E-state index contributed by atoms with van der Waals surface area (Å²) in [5.41, 5.74) is 9.53. The molecule has 8 aromatic carbocycles. The molecule has 11 aromatic rings. The number of hydrogen-bond acceptors (Lipinski definition) is 5. The Morgan fingerprint density at radius 2 is 1.17 bits per heavy atom. The standard InChI is InChI=1S/C47H28N2O2S/c1-2-12-33-29(10-1)11-7-18-40(33)49(32-26-27-44-38(28-32)35-13-4-6-21-43(35)52-44)31-24-22-30(23-25-31)34-15-8-17-39-46(34)51-47(48-39)37-16-9-20-42-45(37)36-14-3-5-19-41(36)50-42/h1-28H. The number of nitrogens with zero attached hydrogens (tertiary/aromatic N) is 2. The lowest BCUT2D eigenvalue weighted by atomic mass is 10.0. The third kappa shape index (κ3) is 4.50. The summed E-state index contributed by atoms with van der Waals surface area (Å²) in [4.78, 5) is 7.36. The Hall–Kier alpha value is -6.69. The van der Waals surface area contributed by atoms with Crippen molar-refractivity contribution in [3.05, 3.63) is 170 Å². The summed E-state index contributed by atoms with van der Waals surface area (Å²) in [6.07, 6.45) is 0. The van der Waals surface area contributed by atoms with E-state index in [-0.39, 0.29) is 0 Å². The molecule has 0 saturated carbocycles. The van der Waals surface area contributed by atoms with Gasteiger partial charge in [0, 0.05) is 58.8 Å². The Morgan fingerprint density at radius 3 is 2.10 bits per heavy atom. The number of oxazole rings is 1. The van der Waals surface area contributed by atoms with Crippen molar-refractivity contribution in [3.63, 3.8) is 0 Å². The van der Waals surface area contributed by atoms with E-state index in [1.165, 1.54) is 30.9 Å². The average Bonchev–Trinajstić information content (AvgIpc) is 3.92. The summed E-state index contributed by atoms with van der Waals surface area (Å²) in [5, 5.41) is 7.02. The highest BCUT2D eigenvalue weighted by atomic mass is 32.1. The molecule has 0 aliphatic carbocycles. The predicted molar refractivity (Wildman–Crippen MR) is 217 cm³/mol. The van der Waals surface area contributed by atoms with Crippen molar-refractivity contribution in [1.29, 1.82) is 0 Å². The van der Waals surface area contributed by atoms with Crippen LogP contribution in [0, 0.1) is 0 Å². The number of benzene rings is 8. The molecule has 0 aliphatic rings. The molecule has 4 nitrogen and oxygen atoms in total. The van der Waals surface area contributed by atoms with Gasteiger partial charge in [0.25, 0.3) is 0 Å². The summed E-state index contributed by atoms with van der Waals surface area (Å²) >= 11 is 1.84. The van der Waals surface area contributed by atoms with Crippen LogP contribution in [0.15, 0.2) is 179 Å². The van der Waals surface area contributed by atoms with Crippen LogP contribution in [0.3, 0.4) is 0 Å². The topological polar surface area (TPSA) is 42.4 Å². The maximum absolute atomic E-state index is 6.64. The van der Waals surface area contributed by atoms with Gasteiger partial charge in [0.05, 0.1) is 5.69 Å². The molecule has 11 rings (SSSR count). The maximum atomic E-state index is 6.64. The van der Waals surface area contributed by atoms with Crippen LogP contribution in [0.25, 0.3) is 86.6 Å². The third-order valence-electron chi connectivity index (χ3n) is 10.1. The molecule has 244 valence electrons. The van der Waals surface area contributed by atoms with Gasteiger partial charge < -0.3 is 13.7 Å². The average molecular weight is 685 g/mol. The SMILES string of the molecule is c1ccc2c(N(c3ccc(-c4cccc5nc(-c6cccc7oc8ccccc8c67)oc45)cc3)c3ccc4sc5ccccc5c4c3)cccc2c1. The van der Waals surface area contributed by atoms with Crippen molar-refractivity contribution in [2.45, 2.75) is 0 Å². The molecule has 3 aromatic heterocycles. The van der Waals surface area contributed by atoms with E-state index in [4.69, 9.17) is 13.8 Å². The van der Waals surface area contributed by atoms with Gasteiger partial charge in [-0.2, -0.15) is 0 Å². The van der Waals surface area contributed by atoms with Crippen LogP contribution in [-0.2, 0) is 0 Å². The van der Waals surface area contributed by atoms with E-state index in [9.17, 15) is 0 Å². The summed E-state index contributed by atoms with van der Waals surface area (Å²) in [6, 6.07) is 59.8. The molecule has 0 amide bonds. The van der Waals surface area contributed by atoms with Gasteiger partial charge in [0.1, 0.15) is 16.7 Å².